The zero-order chi connectivity index (χ0) is 15.8. The largest absolute Gasteiger partial charge is 0.441 e. The number of aryl methyl sites for hydroxylation is 1. The van der Waals surface area contributed by atoms with Crippen LogP contribution in [0.2, 0.25) is 0 Å². The summed E-state index contributed by atoms with van der Waals surface area (Å²) in [6.07, 6.45) is 4.26. The number of nitrogens with zero attached hydrogens (tertiary/aromatic N) is 2. The van der Waals surface area contributed by atoms with Crippen molar-refractivity contribution in [3.05, 3.63) is 29.8 Å². The highest BCUT2D eigenvalue weighted by molar-refractivity contribution is 5.89. The Labute approximate surface area is 131 Å². The van der Waals surface area contributed by atoms with Crippen molar-refractivity contribution in [2.75, 3.05) is 25.2 Å². The van der Waals surface area contributed by atoms with Crippen molar-refractivity contribution in [3.63, 3.8) is 0 Å². The summed E-state index contributed by atoms with van der Waals surface area (Å²) in [6.45, 7) is 0.948. The maximum atomic E-state index is 11.8. The molecule has 1 aliphatic rings. The summed E-state index contributed by atoms with van der Waals surface area (Å²) in [7, 11) is 1.60. The third kappa shape index (κ3) is 4.47. The molecular formula is C17H22N2O3. The summed E-state index contributed by atoms with van der Waals surface area (Å²) in [4.78, 5) is 13.5. The van der Waals surface area contributed by atoms with Gasteiger partial charge in [-0.2, -0.15) is 5.26 Å². The zero-order valence-electron chi connectivity index (χ0n) is 13.0. The summed E-state index contributed by atoms with van der Waals surface area (Å²) < 4.78 is 10.3. The number of hydrogen-bond acceptors (Lipinski definition) is 4. The predicted molar refractivity (Wildman–Crippen MR) is 83.7 cm³/mol. The van der Waals surface area contributed by atoms with Crippen LogP contribution in [0.1, 0.15) is 31.2 Å². The molecule has 0 radical (unpaired) electrons. The van der Waals surface area contributed by atoms with Crippen molar-refractivity contribution in [1.82, 2.24) is 0 Å². The first-order valence-corrected chi connectivity index (χ1v) is 7.67. The zero-order valence-corrected chi connectivity index (χ0v) is 13.0. The van der Waals surface area contributed by atoms with E-state index in [0.29, 0.717) is 19.6 Å². The van der Waals surface area contributed by atoms with E-state index in [2.05, 4.69) is 18.2 Å². The molecular weight excluding hydrogens is 280 g/mol. The number of ether oxygens (including phenoxy) is 2. The van der Waals surface area contributed by atoms with Gasteiger partial charge in [0.15, 0.2) is 0 Å². The second-order valence-corrected chi connectivity index (χ2v) is 5.46. The first-order chi connectivity index (χ1) is 10.7. The molecule has 0 N–H and O–H groups in total. The Hall–Kier alpha value is -2.06. The average molecular weight is 302 g/mol. The summed E-state index contributed by atoms with van der Waals surface area (Å²) in [5, 5.41) is 8.49. The lowest BCUT2D eigenvalue weighted by Crippen LogP contribution is -2.25. The molecule has 5 heteroatoms. The second-order valence-electron chi connectivity index (χ2n) is 5.46. The number of methoxy groups -OCH3 is 1. The molecule has 0 bridgehead atoms. The number of nitriles is 1. The SMILES string of the molecule is COCC1CN(c2ccc(CCCCCC#N)cc2)C(=O)O1. The Bertz CT molecular complexity index is 522. The van der Waals surface area contributed by atoms with Gasteiger partial charge in [0, 0.05) is 19.2 Å². The van der Waals surface area contributed by atoms with Gasteiger partial charge in [-0.3, -0.25) is 4.90 Å². The highest BCUT2D eigenvalue weighted by Gasteiger charge is 2.32. The molecule has 1 aromatic carbocycles. The molecule has 0 aliphatic carbocycles. The van der Waals surface area contributed by atoms with E-state index in [4.69, 9.17) is 14.7 Å². The Balaban J connectivity index is 1.84. The van der Waals surface area contributed by atoms with E-state index in [1.165, 1.54) is 5.56 Å². The van der Waals surface area contributed by atoms with Crippen molar-refractivity contribution in [2.45, 2.75) is 38.2 Å². The molecule has 1 atom stereocenters. The highest BCUT2D eigenvalue weighted by Crippen LogP contribution is 2.22. The molecule has 1 amide bonds. The van der Waals surface area contributed by atoms with Crippen LogP contribution in [0.3, 0.4) is 0 Å². The minimum Gasteiger partial charge on any atom is -0.441 e. The van der Waals surface area contributed by atoms with Crippen LogP contribution in [0.15, 0.2) is 24.3 Å². The molecule has 1 unspecified atom stereocenters. The van der Waals surface area contributed by atoms with Gasteiger partial charge in [-0.1, -0.05) is 18.6 Å². The number of carbonyl (C=O) groups is 1. The van der Waals surface area contributed by atoms with Crippen molar-refractivity contribution >= 4 is 11.8 Å². The lowest BCUT2D eigenvalue weighted by molar-refractivity contribution is 0.0718. The summed E-state index contributed by atoms with van der Waals surface area (Å²) in [5.41, 5.74) is 2.11. The monoisotopic (exact) mass is 302 g/mol. The Morgan fingerprint density at radius 3 is 2.77 bits per heavy atom. The van der Waals surface area contributed by atoms with Gasteiger partial charge in [-0.15, -0.1) is 0 Å². The number of benzene rings is 1. The molecule has 118 valence electrons. The van der Waals surface area contributed by atoms with E-state index in [-0.39, 0.29) is 12.2 Å². The Morgan fingerprint density at radius 2 is 2.09 bits per heavy atom. The minimum absolute atomic E-state index is 0.197. The normalized spacial score (nSPS) is 17.4. The molecule has 0 spiro atoms. The molecule has 1 aromatic rings. The number of hydrogen-bond donors (Lipinski definition) is 0. The molecule has 0 saturated carbocycles. The van der Waals surface area contributed by atoms with Crippen LogP contribution in [0.5, 0.6) is 0 Å². The highest BCUT2D eigenvalue weighted by atomic mass is 16.6. The van der Waals surface area contributed by atoms with Gasteiger partial charge < -0.3 is 9.47 Å². The predicted octanol–water partition coefficient (Wildman–Crippen LogP) is 3.28. The van der Waals surface area contributed by atoms with E-state index < -0.39 is 0 Å². The van der Waals surface area contributed by atoms with Gasteiger partial charge in [0.25, 0.3) is 0 Å². The summed E-state index contributed by atoms with van der Waals surface area (Å²) in [6, 6.07) is 10.2. The van der Waals surface area contributed by atoms with E-state index in [9.17, 15) is 4.79 Å². The summed E-state index contributed by atoms with van der Waals surface area (Å²) >= 11 is 0. The minimum atomic E-state index is -0.314. The van der Waals surface area contributed by atoms with Crippen molar-refractivity contribution < 1.29 is 14.3 Å². The first kappa shape index (κ1) is 16.3. The molecule has 1 saturated heterocycles. The quantitative estimate of drug-likeness (QED) is 0.691. The number of anilines is 1. The van der Waals surface area contributed by atoms with E-state index in [0.717, 1.165) is 31.4 Å². The van der Waals surface area contributed by atoms with Gasteiger partial charge in [0.1, 0.15) is 6.10 Å². The first-order valence-electron chi connectivity index (χ1n) is 7.67. The van der Waals surface area contributed by atoms with Gasteiger partial charge in [0.2, 0.25) is 0 Å². The fourth-order valence-electron chi connectivity index (χ4n) is 2.56. The van der Waals surface area contributed by atoms with E-state index in [1.807, 2.05) is 12.1 Å². The van der Waals surface area contributed by atoms with Crippen molar-refractivity contribution in [2.24, 2.45) is 0 Å². The van der Waals surface area contributed by atoms with Crippen LogP contribution in [0.4, 0.5) is 10.5 Å². The van der Waals surface area contributed by atoms with E-state index in [1.54, 1.807) is 12.0 Å². The third-order valence-electron chi connectivity index (χ3n) is 3.73. The van der Waals surface area contributed by atoms with Crippen LogP contribution in [-0.4, -0.2) is 32.5 Å². The molecule has 1 heterocycles. The summed E-state index contributed by atoms with van der Waals surface area (Å²) in [5.74, 6) is 0. The van der Waals surface area contributed by atoms with Crippen LogP contribution in [0.25, 0.3) is 0 Å². The Morgan fingerprint density at radius 1 is 1.32 bits per heavy atom. The average Bonchev–Trinajstić information content (AvgIpc) is 2.89. The van der Waals surface area contributed by atoms with Crippen LogP contribution < -0.4 is 4.90 Å². The van der Waals surface area contributed by atoms with Gasteiger partial charge in [-0.05, 0) is 37.0 Å². The van der Waals surface area contributed by atoms with Crippen LogP contribution >= 0.6 is 0 Å². The second kappa shape index (κ2) is 8.40. The molecule has 5 nitrogen and oxygen atoms in total. The standard InChI is InChI=1S/C17H22N2O3/c1-21-13-16-12-19(17(20)22-16)15-9-7-14(8-10-15)6-4-2-3-5-11-18/h7-10,16H,2-6,12-13H2,1H3. The lowest BCUT2D eigenvalue weighted by Gasteiger charge is -2.13. The number of cyclic esters (lactones) is 1. The smallest absolute Gasteiger partial charge is 0.414 e. The molecule has 0 aromatic heterocycles. The number of unbranched alkanes of at least 4 members (excludes halogenated alkanes) is 3. The topological polar surface area (TPSA) is 62.6 Å². The molecule has 1 fully saturated rings. The molecule has 1 aliphatic heterocycles. The maximum absolute atomic E-state index is 11.8. The van der Waals surface area contributed by atoms with Crippen molar-refractivity contribution in [3.8, 4) is 6.07 Å². The molecule has 2 rings (SSSR count). The lowest BCUT2D eigenvalue weighted by atomic mass is 10.1. The number of carbonyl (C=O) groups excluding carboxylic acids is 1. The fraction of sp³-hybridized carbons (Fsp3) is 0.529. The third-order valence-corrected chi connectivity index (χ3v) is 3.73. The van der Waals surface area contributed by atoms with Crippen LogP contribution in [-0.2, 0) is 15.9 Å². The maximum Gasteiger partial charge on any atom is 0.414 e. The van der Waals surface area contributed by atoms with Crippen LogP contribution in [0, 0.1) is 11.3 Å². The number of amides is 1. The van der Waals surface area contributed by atoms with Crippen molar-refractivity contribution in [1.29, 1.82) is 5.26 Å². The van der Waals surface area contributed by atoms with Gasteiger partial charge in [-0.25, -0.2) is 4.79 Å². The fourth-order valence-corrected chi connectivity index (χ4v) is 2.56. The molecule has 22 heavy (non-hydrogen) atoms. The number of rotatable bonds is 8. The van der Waals surface area contributed by atoms with Gasteiger partial charge in [0.05, 0.1) is 19.2 Å². The van der Waals surface area contributed by atoms with Gasteiger partial charge >= 0.3 is 6.09 Å². The van der Waals surface area contributed by atoms with E-state index >= 15 is 0 Å². The Kier molecular flexibility index (Phi) is 6.23.